The molecule has 2 fully saturated rings. The van der Waals surface area contributed by atoms with Crippen LogP contribution in [0.4, 0.5) is 4.79 Å². The van der Waals surface area contributed by atoms with Crippen molar-refractivity contribution in [2.24, 2.45) is 5.92 Å². The Labute approximate surface area is 202 Å². The quantitative estimate of drug-likeness (QED) is 0.516. The minimum absolute atomic E-state index is 0.0130. The van der Waals surface area contributed by atoms with Crippen LogP contribution in [0.1, 0.15) is 34.3 Å². The number of ether oxygens (including phenoxy) is 1. The number of hydrogen-bond acceptors (Lipinski definition) is 5. The van der Waals surface area contributed by atoms with Gasteiger partial charge >= 0.3 is 6.03 Å². The molecule has 9 heteroatoms. The first-order chi connectivity index (χ1) is 16.9. The maximum absolute atomic E-state index is 13.2. The number of methoxy groups -OCH3 is 1. The van der Waals surface area contributed by atoms with E-state index in [-0.39, 0.29) is 12.5 Å². The van der Waals surface area contributed by atoms with Crippen molar-refractivity contribution < 1.29 is 19.1 Å². The summed E-state index contributed by atoms with van der Waals surface area (Å²) in [5, 5.41) is 9.59. The molecule has 0 radical (unpaired) electrons. The summed E-state index contributed by atoms with van der Waals surface area (Å²) < 4.78 is 7.22. The lowest BCUT2D eigenvalue weighted by Crippen LogP contribution is -2.52. The van der Waals surface area contributed by atoms with E-state index in [1.807, 2.05) is 47.4 Å². The Morgan fingerprint density at radius 2 is 1.89 bits per heavy atom. The van der Waals surface area contributed by atoms with Crippen LogP contribution in [-0.2, 0) is 23.4 Å². The van der Waals surface area contributed by atoms with Crippen LogP contribution in [0.5, 0.6) is 5.75 Å². The molecule has 4 amide bonds. The van der Waals surface area contributed by atoms with Crippen LogP contribution in [0, 0.1) is 5.92 Å². The van der Waals surface area contributed by atoms with Gasteiger partial charge in [0.25, 0.3) is 11.8 Å². The first-order valence-electron chi connectivity index (χ1n) is 11.7. The Kier molecular flexibility index (Phi) is 4.87. The number of hydrogen-bond donors (Lipinski definition) is 2. The maximum atomic E-state index is 13.2. The molecule has 1 saturated carbocycles. The highest BCUT2D eigenvalue weighted by molar-refractivity contribution is 6.08. The molecule has 3 aliphatic rings. The Balaban J connectivity index is 1.28. The lowest BCUT2D eigenvalue weighted by Gasteiger charge is -2.31. The fourth-order valence-corrected chi connectivity index (χ4v) is 4.90. The van der Waals surface area contributed by atoms with Crippen molar-refractivity contribution in [3.05, 3.63) is 71.5 Å². The molecule has 2 aliphatic heterocycles. The third-order valence-corrected chi connectivity index (χ3v) is 7.05. The van der Waals surface area contributed by atoms with Gasteiger partial charge in [-0.2, -0.15) is 5.10 Å². The highest BCUT2D eigenvalue weighted by Gasteiger charge is 2.50. The highest BCUT2D eigenvalue weighted by Crippen LogP contribution is 2.34. The number of nitrogens with one attached hydrogen (secondary N) is 2. The van der Waals surface area contributed by atoms with E-state index in [0.29, 0.717) is 23.4 Å². The minimum Gasteiger partial charge on any atom is -0.497 e. The molecule has 1 saturated heterocycles. The van der Waals surface area contributed by atoms with Crippen molar-refractivity contribution in [3.8, 4) is 16.9 Å². The molecule has 2 N–H and O–H groups in total. The smallest absolute Gasteiger partial charge is 0.322 e. The molecule has 1 aromatic heterocycles. The molecule has 0 bridgehead atoms. The molecule has 2 aromatic carbocycles. The van der Waals surface area contributed by atoms with E-state index in [0.717, 1.165) is 29.2 Å². The molecule has 9 nitrogen and oxygen atoms in total. The topological polar surface area (TPSA) is 106 Å². The van der Waals surface area contributed by atoms with E-state index in [9.17, 15) is 14.4 Å². The third kappa shape index (κ3) is 3.73. The average molecular weight is 472 g/mol. The van der Waals surface area contributed by atoms with Gasteiger partial charge in [-0.3, -0.25) is 19.6 Å². The second-order valence-electron chi connectivity index (χ2n) is 9.47. The molecular formula is C26H25N5O4. The molecule has 1 aliphatic carbocycles. The summed E-state index contributed by atoms with van der Waals surface area (Å²) in [5.74, 6) is 0.646. The second-order valence-corrected chi connectivity index (χ2v) is 9.47. The molecule has 3 aromatic rings. The van der Waals surface area contributed by atoms with Gasteiger partial charge in [0.05, 0.1) is 19.9 Å². The van der Waals surface area contributed by atoms with E-state index in [1.165, 1.54) is 12.8 Å². The zero-order chi connectivity index (χ0) is 24.2. The zero-order valence-electron chi connectivity index (χ0n) is 19.3. The van der Waals surface area contributed by atoms with Gasteiger partial charge in [-0.1, -0.05) is 30.3 Å². The molecule has 178 valence electrons. The van der Waals surface area contributed by atoms with Crippen LogP contribution < -0.4 is 15.4 Å². The average Bonchev–Trinajstić information content (AvgIpc) is 3.34. The van der Waals surface area contributed by atoms with E-state index >= 15 is 0 Å². The van der Waals surface area contributed by atoms with Crippen LogP contribution in [0.3, 0.4) is 0 Å². The van der Waals surface area contributed by atoms with E-state index in [1.54, 1.807) is 24.1 Å². The van der Waals surface area contributed by atoms with Gasteiger partial charge < -0.3 is 15.0 Å². The van der Waals surface area contributed by atoms with Crippen molar-refractivity contribution in [2.75, 3.05) is 13.7 Å². The number of aromatic nitrogens is 2. The van der Waals surface area contributed by atoms with Crippen LogP contribution in [0.25, 0.3) is 11.1 Å². The normalized spacial score (nSPS) is 21.2. The number of fused-ring (bicyclic) bond motifs is 1. The number of amides is 4. The predicted molar refractivity (Wildman–Crippen MR) is 126 cm³/mol. The van der Waals surface area contributed by atoms with Gasteiger partial charge in [-0.05, 0) is 47.6 Å². The summed E-state index contributed by atoms with van der Waals surface area (Å²) in [4.78, 5) is 40.0. The fourth-order valence-electron chi connectivity index (χ4n) is 4.90. The molecule has 35 heavy (non-hydrogen) atoms. The number of nitrogens with zero attached hydrogens (tertiary/aromatic N) is 3. The monoisotopic (exact) mass is 471 g/mol. The summed E-state index contributed by atoms with van der Waals surface area (Å²) in [6, 6.07) is 12.3. The van der Waals surface area contributed by atoms with Crippen LogP contribution in [-0.4, -0.2) is 46.2 Å². The molecule has 6 rings (SSSR count). The SMILES string of the molecule is COc1ccc2c(c1)C(=O)N(CC1(c3ccc(-c4cnn(CC5CC5)c4)cc3)NC(=O)NC1=O)C2. The Bertz CT molecular complexity index is 1340. The third-order valence-electron chi connectivity index (χ3n) is 7.05. The van der Waals surface area contributed by atoms with Crippen LogP contribution >= 0.6 is 0 Å². The number of carbonyl (C=O) groups excluding carboxylic acids is 3. The number of urea groups is 1. The minimum atomic E-state index is -1.38. The lowest BCUT2D eigenvalue weighted by molar-refractivity contribution is -0.124. The lowest BCUT2D eigenvalue weighted by atomic mass is 9.88. The van der Waals surface area contributed by atoms with Crippen molar-refractivity contribution in [1.82, 2.24) is 25.3 Å². The highest BCUT2D eigenvalue weighted by atomic mass is 16.5. The van der Waals surface area contributed by atoms with Gasteiger partial charge in [0.1, 0.15) is 5.75 Å². The van der Waals surface area contributed by atoms with Gasteiger partial charge in [0.2, 0.25) is 0 Å². The van der Waals surface area contributed by atoms with E-state index in [2.05, 4.69) is 15.7 Å². The van der Waals surface area contributed by atoms with Crippen LogP contribution in [0.15, 0.2) is 54.9 Å². The maximum Gasteiger partial charge on any atom is 0.322 e. The van der Waals surface area contributed by atoms with Gasteiger partial charge in [0.15, 0.2) is 5.54 Å². The van der Waals surface area contributed by atoms with Crippen molar-refractivity contribution in [3.63, 3.8) is 0 Å². The summed E-state index contributed by atoms with van der Waals surface area (Å²) in [7, 11) is 1.55. The number of benzene rings is 2. The number of imide groups is 1. The molecule has 1 unspecified atom stereocenters. The number of rotatable bonds is 7. The summed E-state index contributed by atoms with van der Waals surface area (Å²) in [6.07, 6.45) is 6.39. The fraction of sp³-hybridized carbons (Fsp3) is 0.308. The Morgan fingerprint density at radius 3 is 2.57 bits per heavy atom. The first-order valence-corrected chi connectivity index (χ1v) is 11.7. The molecular weight excluding hydrogens is 446 g/mol. The van der Waals surface area contributed by atoms with Crippen molar-refractivity contribution in [1.29, 1.82) is 0 Å². The predicted octanol–water partition coefficient (Wildman–Crippen LogP) is 2.66. The van der Waals surface area contributed by atoms with Crippen LogP contribution in [0.2, 0.25) is 0 Å². The van der Waals surface area contributed by atoms with E-state index < -0.39 is 17.5 Å². The second kappa shape index (κ2) is 7.97. The molecule has 0 spiro atoms. The zero-order valence-corrected chi connectivity index (χ0v) is 19.3. The van der Waals surface area contributed by atoms with Gasteiger partial charge in [0, 0.05) is 30.4 Å². The Hall–Kier alpha value is -4.14. The first kappa shape index (κ1) is 21.4. The summed E-state index contributed by atoms with van der Waals surface area (Å²) in [5.41, 5.74) is 2.58. The largest absolute Gasteiger partial charge is 0.497 e. The van der Waals surface area contributed by atoms with E-state index in [4.69, 9.17) is 4.74 Å². The molecule has 3 heterocycles. The summed E-state index contributed by atoms with van der Waals surface area (Å²) in [6.45, 7) is 1.30. The summed E-state index contributed by atoms with van der Waals surface area (Å²) >= 11 is 0. The molecule has 1 atom stereocenters. The van der Waals surface area contributed by atoms with Crippen molar-refractivity contribution >= 4 is 17.8 Å². The standard InChI is InChI=1S/C26H25N5O4/c1-35-21-9-6-18-13-30(23(32)22(18)10-21)15-26(24(33)28-25(34)29-26)20-7-4-17(5-8-20)19-11-27-31(14-19)12-16-2-3-16/h4-11,14,16H,2-3,12-13,15H2,1H3,(H2,28,29,33,34). The van der Waals surface area contributed by atoms with Gasteiger partial charge in [-0.15, -0.1) is 0 Å². The van der Waals surface area contributed by atoms with Crippen molar-refractivity contribution in [2.45, 2.75) is 31.5 Å². The van der Waals surface area contributed by atoms with Gasteiger partial charge in [-0.25, -0.2) is 4.79 Å². The Morgan fingerprint density at radius 1 is 1.09 bits per heavy atom. The number of carbonyl (C=O) groups is 3.